The third kappa shape index (κ3) is 5.81. The van der Waals surface area contributed by atoms with E-state index < -0.39 is 0 Å². The van der Waals surface area contributed by atoms with Gasteiger partial charge in [0.05, 0.1) is 0 Å². The number of ketones is 1. The Morgan fingerprint density at radius 3 is 2.08 bits per heavy atom. The van der Waals surface area contributed by atoms with Crippen LogP contribution in [-0.2, 0) is 4.79 Å². The number of likely N-dealkylation sites (tertiary alicyclic amines) is 1. The molecule has 1 aliphatic rings. The molecule has 0 aliphatic carbocycles. The lowest BCUT2D eigenvalue weighted by atomic mass is 9.94. The third-order valence-corrected chi connectivity index (χ3v) is 2.29. The lowest BCUT2D eigenvalue weighted by Crippen LogP contribution is -2.32. The Bertz CT molecular complexity index is 131. The number of carbonyl (C=O) groups is 1. The Kier molecular flexibility index (Phi) is 8.00. The average molecular weight is 188 g/mol. The first-order valence-electron chi connectivity index (χ1n) is 5.89. The van der Waals surface area contributed by atoms with Gasteiger partial charge in [-0.1, -0.05) is 21.3 Å². The molecule has 0 unspecified atom stereocenters. The first kappa shape index (κ1) is 12.6. The number of hydrogen-bond donors (Lipinski definition) is 0. The quantitative estimate of drug-likeness (QED) is 0.630. The molecule has 0 aromatic rings. The van der Waals surface area contributed by atoms with Crippen LogP contribution >= 0.6 is 0 Å². The second-order valence-electron chi connectivity index (χ2n) is 3.19. The van der Waals surface area contributed by atoms with E-state index in [1.165, 1.54) is 7.40 Å². The fraction of sp³-hybridized carbons (Fsp3) is 0.909. The summed E-state index contributed by atoms with van der Waals surface area (Å²) in [5.41, 5.74) is 0. The molecule has 0 radical (unpaired) electrons. The summed E-state index contributed by atoms with van der Waals surface area (Å²) in [5.74, 6) is 0.726. The predicted octanol–water partition coefficient (Wildman–Crippen LogP) is 2.58. The van der Waals surface area contributed by atoms with E-state index in [0.717, 1.165) is 25.9 Å². The van der Waals surface area contributed by atoms with Gasteiger partial charge in [-0.2, -0.15) is 0 Å². The lowest BCUT2D eigenvalue weighted by molar-refractivity contribution is -0.121. The van der Waals surface area contributed by atoms with Crippen molar-refractivity contribution in [3.05, 3.63) is 0 Å². The fourth-order valence-electron chi connectivity index (χ4n) is 1.42. The predicted molar refractivity (Wildman–Crippen MR) is 59.0 cm³/mol. The highest BCUT2D eigenvalue weighted by atomic mass is 16.1. The zero-order chi connectivity index (χ0) is 11.6. The molecule has 13 heavy (non-hydrogen) atoms. The molecule has 1 heterocycles. The van der Waals surface area contributed by atoms with Gasteiger partial charge >= 0.3 is 0 Å². The van der Waals surface area contributed by atoms with E-state index in [-0.39, 0.29) is 0 Å². The summed E-state index contributed by atoms with van der Waals surface area (Å²) in [6, 6.07) is 0. The van der Waals surface area contributed by atoms with E-state index >= 15 is 0 Å². The van der Waals surface area contributed by atoms with Crippen LogP contribution in [0.2, 0.25) is 0 Å². The molecular formula is C11H25NO. The Morgan fingerprint density at radius 1 is 1.38 bits per heavy atom. The van der Waals surface area contributed by atoms with E-state index in [1.807, 2.05) is 13.8 Å². The van der Waals surface area contributed by atoms with Gasteiger partial charge in [-0.15, -0.1) is 0 Å². The Morgan fingerprint density at radius 2 is 1.77 bits per heavy atom. The summed E-state index contributed by atoms with van der Waals surface area (Å²) in [6.45, 7) is 7.88. The van der Waals surface area contributed by atoms with Gasteiger partial charge in [-0.3, -0.25) is 4.79 Å². The Hall–Kier alpha value is -0.370. The van der Waals surface area contributed by atoms with Crippen molar-refractivity contribution in [2.75, 3.05) is 20.1 Å². The van der Waals surface area contributed by atoms with Gasteiger partial charge in [-0.25, -0.2) is 0 Å². The van der Waals surface area contributed by atoms with Crippen LogP contribution in [0.3, 0.4) is 0 Å². The highest BCUT2D eigenvalue weighted by molar-refractivity contribution is 5.78. The second-order valence-corrected chi connectivity index (χ2v) is 3.19. The summed E-state index contributed by atoms with van der Waals surface area (Å²) in [6.07, 6.45) is 2.12. The first-order valence-corrected chi connectivity index (χ1v) is 4.89. The van der Waals surface area contributed by atoms with E-state index in [0.29, 0.717) is 11.7 Å². The molecule has 0 aromatic heterocycles. The Labute approximate surface area is 84.7 Å². The molecule has 1 rings (SSSR count). The molecule has 0 amide bonds. The van der Waals surface area contributed by atoms with Crippen LogP contribution in [0.1, 0.15) is 42.4 Å². The van der Waals surface area contributed by atoms with Crippen molar-refractivity contribution in [2.45, 2.75) is 41.0 Å². The van der Waals surface area contributed by atoms with Crippen molar-refractivity contribution in [1.82, 2.24) is 4.90 Å². The summed E-state index contributed by atoms with van der Waals surface area (Å²) in [7, 11) is 3.36. The minimum absolute atomic E-state index is 0.358. The largest absolute Gasteiger partial charge is 0.306 e. The maximum Gasteiger partial charge on any atom is 0.133 e. The molecule has 1 fully saturated rings. The number of nitrogens with zero attached hydrogens (tertiary/aromatic N) is 1. The summed E-state index contributed by atoms with van der Waals surface area (Å²) in [5, 5.41) is 0. The van der Waals surface area contributed by atoms with E-state index in [2.05, 4.69) is 11.9 Å². The van der Waals surface area contributed by atoms with Gasteiger partial charge < -0.3 is 4.90 Å². The zero-order valence-corrected chi connectivity index (χ0v) is 9.76. The molecule has 80 valence electrons. The van der Waals surface area contributed by atoms with Gasteiger partial charge in [0.25, 0.3) is 0 Å². The molecule has 1 saturated heterocycles. The maximum absolute atomic E-state index is 10.9. The van der Waals surface area contributed by atoms with E-state index in [9.17, 15) is 4.79 Å². The Balaban J connectivity index is 0. The van der Waals surface area contributed by atoms with Crippen LogP contribution in [-0.4, -0.2) is 30.8 Å². The van der Waals surface area contributed by atoms with Crippen LogP contribution in [0.4, 0.5) is 0 Å². The number of rotatable bonds is 1. The number of piperidine rings is 1. The number of Topliss-reactive ketones (excluding diaryl/α,β-unsaturated/α-hetero) is 1. The smallest absolute Gasteiger partial charge is 0.133 e. The molecule has 2 nitrogen and oxygen atoms in total. The number of hydrogen-bond acceptors (Lipinski definition) is 2. The van der Waals surface area contributed by atoms with Crippen molar-refractivity contribution in [1.29, 1.82) is 0 Å². The average Bonchev–Trinajstić information content (AvgIpc) is 2.24. The standard InChI is InChI=1S/C8H15NO.C2H6.CH4/c1-7(10)8-3-5-9(2)6-4-8;1-2;/h8H,3-6H2,1-2H3;1-2H3;1H4/i;;1D. The highest BCUT2D eigenvalue weighted by Gasteiger charge is 2.19. The molecule has 0 atom stereocenters. The van der Waals surface area contributed by atoms with Crippen LogP contribution < -0.4 is 0 Å². The monoisotopic (exact) mass is 188 g/mol. The number of carbonyl (C=O) groups excluding carboxylic acids is 1. The maximum atomic E-state index is 10.9. The SMILES string of the molecule is CC.CC(=O)C1CCN(C)CC1.[2H]C. The summed E-state index contributed by atoms with van der Waals surface area (Å²) < 4.78 is 5.75. The molecule has 1 aliphatic heterocycles. The van der Waals surface area contributed by atoms with Crippen molar-refractivity contribution >= 4 is 5.78 Å². The highest BCUT2D eigenvalue weighted by Crippen LogP contribution is 2.15. The van der Waals surface area contributed by atoms with Crippen LogP contribution in [0, 0.1) is 5.92 Å². The molecule has 0 bridgehead atoms. The van der Waals surface area contributed by atoms with E-state index in [1.54, 1.807) is 6.92 Å². The third-order valence-electron chi connectivity index (χ3n) is 2.29. The fourth-order valence-corrected chi connectivity index (χ4v) is 1.42. The van der Waals surface area contributed by atoms with Crippen LogP contribution in [0.15, 0.2) is 0 Å². The molecule has 0 N–H and O–H groups in total. The topological polar surface area (TPSA) is 20.3 Å². The minimum atomic E-state index is 0.358. The molecule has 2 heteroatoms. The van der Waals surface area contributed by atoms with Crippen LogP contribution in [0.25, 0.3) is 0 Å². The zero-order valence-electron chi connectivity index (χ0n) is 10.8. The molecule has 0 saturated carbocycles. The van der Waals surface area contributed by atoms with Crippen molar-refractivity contribution in [2.24, 2.45) is 5.92 Å². The van der Waals surface area contributed by atoms with Crippen molar-refractivity contribution in [3.8, 4) is 0 Å². The van der Waals surface area contributed by atoms with Gasteiger partial charge in [0, 0.05) is 7.29 Å². The first-order chi connectivity index (χ1) is 6.70. The summed E-state index contributed by atoms with van der Waals surface area (Å²) >= 11 is 0. The van der Waals surface area contributed by atoms with Gasteiger partial charge in [0.1, 0.15) is 5.78 Å². The van der Waals surface area contributed by atoms with Crippen molar-refractivity contribution in [3.63, 3.8) is 0 Å². The molecular weight excluding hydrogens is 162 g/mol. The van der Waals surface area contributed by atoms with Gasteiger partial charge in [0.15, 0.2) is 0 Å². The molecule has 0 aromatic carbocycles. The summed E-state index contributed by atoms with van der Waals surface area (Å²) in [4.78, 5) is 13.2. The van der Waals surface area contributed by atoms with Gasteiger partial charge in [-0.05, 0) is 39.9 Å². The van der Waals surface area contributed by atoms with Crippen molar-refractivity contribution < 1.29 is 6.17 Å². The van der Waals surface area contributed by atoms with E-state index in [4.69, 9.17) is 1.37 Å². The minimum Gasteiger partial charge on any atom is -0.306 e. The second kappa shape index (κ2) is 8.24. The van der Waals surface area contributed by atoms with Crippen LogP contribution in [0.5, 0.6) is 0 Å². The lowest BCUT2D eigenvalue weighted by Gasteiger charge is -2.26. The van der Waals surface area contributed by atoms with Gasteiger partial charge in [0.2, 0.25) is 0 Å². The molecule has 0 spiro atoms. The normalized spacial score (nSPS) is 18.7.